The van der Waals surface area contributed by atoms with Crippen molar-refractivity contribution < 1.29 is 5.11 Å². The van der Waals surface area contributed by atoms with Crippen molar-refractivity contribution in [3.8, 4) is 0 Å². The number of para-hydroxylation sites is 1. The van der Waals surface area contributed by atoms with E-state index < -0.39 is 0 Å². The minimum absolute atomic E-state index is 0.185. The fourth-order valence-electron chi connectivity index (χ4n) is 1.19. The number of aliphatic hydroxyl groups excluding tert-OH is 1. The van der Waals surface area contributed by atoms with E-state index in [4.69, 9.17) is 10.8 Å². The molecule has 0 spiro atoms. The molecule has 0 aromatic heterocycles. The van der Waals surface area contributed by atoms with Crippen LogP contribution >= 0.6 is 0 Å². The number of anilines is 1. The van der Waals surface area contributed by atoms with Crippen molar-refractivity contribution in [2.45, 2.75) is 20.3 Å². The lowest BCUT2D eigenvalue weighted by Crippen LogP contribution is -2.21. The van der Waals surface area contributed by atoms with Gasteiger partial charge in [0.1, 0.15) is 0 Å². The van der Waals surface area contributed by atoms with E-state index in [1.54, 1.807) is 0 Å². The zero-order valence-corrected chi connectivity index (χ0v) is 9.66. The molecule has 1 rings (SSSR count). The molecule has 86 valence electrons. The van der Waals surface area contributed by atoms with Gasteiger partial charge in [-0.05, 0) is 24.6 Å². The van der Waals surface area contributed by atoms with Gasteiger partial charge in [0.25, 0.3) is 0 Å². The Morgan fingerprint density at radius 3 is 2.47 bits per heavy atom. The minimum atomic E-state index is 0.185. The van der Waals surface area contributed by atoms with Crippen LogP contribution in [0.2, 0.25) is 0 Å². The second kappa shape index (κ2) is 9.49. The van der Waals surface area contributed by atoms with E-state index in [0.29, 0.717) is 6.54 Å². The molecule has 0 atom stereocenters. The summed E-state index contributed by atoms with van der Waals surface area (Å²) < 4.78 is 0. The predicted molar refractivity (Wildman–Crippen MR) is 65.9 cm³/mol. The van der Waals surface area contributed by atoms with Gasteiger partial charge in [-0.1, -0.05) is 32.0 Å². The Morgan fingerprint density at radius 2 is 1.87 bits per heavy atom. The molecule has 0 saturated heterocycles. The Hall–Kier alpha value is -1.06. The molecule has 3 nitrogen and oxygen atoms in total. The van der Waals surface area contributed by atoms with Crippen LogP contribution in [0.5, 0.6) is 0 Å². The zero-order chi connectivity index (χ0) is 11.5. The van der Waals surface area contributed by atoms with Gasteiger partial charge in [-0.2, -0.15) is 0 Å². The van der Waals surface area contributed by atoms with Crippen LogP contribution in [-0.2, 0) is 6.42 Å². The molecule has 1 aromatic carbocycles. The van der Waals surface area contributed by atoms with Crippen molar-refractivity contribution in [1.82, 2.24) is 5.32 Å². The average molecular weight is 210 g/mol. The average Bonchev–Trinajstić information content (AvgIpc) is 2.29. The second-order valence-electron chi connectivity index (χ2n) is 2.92. The maximum Gasteiger partial charge on any atom is 0.0555 e. The standard InChI is InChI=1S/C10H16N2O.C2H6/c11-10-4-2-1-3-9(10)5-6-12-7-8-13;1-2/h1-4,12-13H,5-8,11H2;1-2H3. The van der Waals surface area contributed by atoms with Crippen molar-refractivity contribution >= 4 is 5.69 Å². The van der Waals surface area contributed by atoms with Crippen LogP contribution < -0.4 is 11.1 Å². The molecule has 0 heterocycles. The zero-order valence-electron chi connectivity index (χ0n) is 9.66. The van der Waals surface area contributed by atoms with E-state index >= 15 is 0 Å². The number of nitrogens with one attached hydrogen (secondary N) is 1. The van der Waals surface area contributed by atoms with Crippen LogP contribution in [0.3, 0.4) is 0 Å². The number of nitrogens with two attached hydrogens (primary N) is 1. The molecule has 0 saturated carbocycles. The molecule has 0 aliphatic carbocycles. The van der Waals surface area contributed by atoms with Gasteiger partial charge in [-0.25, -0.2) is 0 Å². The Balaban J connectivity index is 0.000000921. The third kappa shape index (κ3) is 6.10. The van der Waals surface area contributed by atoms with Crippen LogP contribution in [0.25, 0.3) is 0 Å². The fourth-order valence-corrected chi connectivity index (χ4v) is 1.19. The van der Waals surface area contributed by atoms with Gasteiger partial charge < -0.3 is 16.2 Å². The lowest BCUT2D eigenvalue weighted by atomic mass is 10.1. The highest BCUT2D eigenvalue weighted by molar-refractivity contribution is 5.46. The first-order chi connectivity index (χ1) is 7.34. The largest absolute Gasteiger partial charge is 0.399 e. The van der Waals surface area contributed by atoms with Crippen LogP contribution in [0.15, 0.2) is 24.3 Å². The summed E-state index contributed by atoms with van der Waals surface area (Å²) in [6.45, 7) is 5.69. The Bertz CT molecular complexity index is 251. The number of hydrogen-bond donors (Lipinski definition) is 3. The number of nitrogen functional groups attached to an aromatic ring is 1. The van der Waals surface area contributed by atoms with Crippen molar-refractivity contribution in [2.75, 3.05) is 25.4 Å². The molecule has 3 heteroatoms. The van der Waals surface area contributed by atoms with Gasteiger partial charge in [-0.3, -0.25) is 0 Å². The Morgan fingerprint density at radius 1 is 1.20 bits per heavy atom. The van der Waals surface area contributed by atoms with E-state index in [-0.39, 0.29) is 6.61 Å². The van der Waals surface area contributed by atoms with Gasteiger partial charge in [0.05, 0.1) is 6.61 Å². The first-order valence-electron chi connectivity index (χ1n) is 5.49. The van der Waals surface area contributed by atoms with E-state index in [1.165, 1.54) is 0 Å². The lowest BCUT2D eigenvalue weighted by molar-refractivity contribution is 0.293. The number of benzene rings is 1. The quantitative estimate of drug-likeness (QED) is 0.509. The Labute approximate surface area is 92.3 Å². The summed E-state index contributed by atoms with van der Waals surface area (Å²) in [7, 11) is 0. The fraction of sp³-hybridized carbons (Fsp3) is 0.500. The monoisotopic (exact) mass is 210 g/mol. The third-order valence-corrected chi connectivity index (χ3v) is 1.91. The van der Waals surface area contributed by atoms with Crippen LogP contribution in [0, 0.1) is 0 Å². The van der Waals surface area contributed by atoms with Gasteiger partial charge in [0, 0.05) is 12.2 Å². The molecule has 0 aliphatic rings. The molecule has 0 radical (unpaired) electrons. The van der Waals surface area contributed by atoms with Crippen molar-refractivity contribution in [3.63, 3.8) is 0 Å². The highest BCUT2D eigenvalue weighted by atomic mass is 16.3. The van der Waals surface area contributed by atoms with Crippen molar-refractivity contribution in [3.05, 3.63) is 29.8 Å². The van der Waals surface area contributed by atoms with Gasteiger partial charge in [-0.15, -0.1) is 0 Å². The number of aliphatic hydroxyl groups is 1. The number of hydrogen-bond acceptors (Lipinski definition) is 3. The van der Waals surface area contributed by atoms with E-state index in [2.05, 4.69) is 5.32 Å². The molecular weight excluding hydrogens is 188 g/mol. The summed E-state index contributed by atoms with van der Waals surface area (Å²) in [5, 5.41) is 11.6. The highest BCUT2D eigenvalue weighted by Crippen LogP contribution is 2.09. The predicted octanol–water partition coefficient (Wildman–Crippen LogP) is 1.42. The molecule has 4 N–H and O–H groups in total. The van der Waals surface area contributed by atoms with E-state index in [9.17, 15) is 0 Å². The Kier molecular flexibility index (Phi) is 8.82. The third-order valence-electron chi connectivity index (χ3n) is 1.91. The molecule has 0 amide bonds. The summed E-state index contributed by atoms with van der Waals surface area (Å²) >= 11 is 0. The van der Waals surface area contributed by atoms with Gasteiger partial charge in [0.15, 0.2) is 0 Å². The summed E-state index contributed by atoms with van der Waals surface area (Å²) in [5.74, 6) is 0. The molecule has 0 aliphatic heterocycles. The van der Waals surface area contributed by atoms with Crippen LogP contribution in [0.1, 0.15) is 19.4 Å². The summed E-state index contributed by atoms with van der Waals surface area (Å²) in [6.07, 6.45) is 0.909. The van der Waals surface area contributed by atoms with Crippen molar-refractivity contribution in [1.29, 1.82) is 0 Å². The summed E-state index contributed by atoms with van der Waals surface area (Å²) in [4.78, 5) is 0. The minimum Gasteiger partial charge on any atom is -0.399 e. The summed E-state index contributed by atoms with van der Waals surface area (Å²) in [5.41, 5.74) is 7.76. The van der Waals surface area contributed by atoms with Crippen molar-refractivity contribution in [2.24, 2.45) is 0 Å². The molecule has 0 unspecified atom stereocenters. The maximum absolute atomic E-state index is 8.53. The van der Waals surface area contributed by atoms with E-state index in [0.717, 1.165) is 24.2 Å². The van der Waals surface area contributed by atoms with Crippen LogP contribution in [0.4, 0.5) is 5.69 Å². The molecule has 0 bridgehead atoms. The second-order valence-corrected chi connectivity index (χ2v) is 2.92. The number of rotatable bonds is 5. The topological polar surface area (TPSA) is 58.3 Å². The SMILES string of the molecule is CC.Nc1ccccc1CCNCCO. The summed E-state index contributed by atoms with van der Waals surface area (Å²) in [6, 6.07) is 7.84. The molecule has 1 aromatic rings. The van der Waals surface area contributed by atoms with E-state index in [1.807, 2.05) is 38.1 Å². The smallest absolute Gasteiger partial charge is 0.0555 e. The van der Waals surface area contributed by atoms with Crippen LogP contribution in [-0.4, -0.2) is 24.8 Å². The maximum atomic E-state index is 8.53. The first-order valence-corrected chi connectivity index (χ1v) is 5.49. The molecule has 0 fully saturated rings. The van der Waals surface area contributed by atoms with Gasteiger partial charge >= 0.3 is 0 Å². The lowest BCUT2D eigenvalue weighted by Gasteiger charge is -2.05. The van der Waals surface area contributed by atoms with Gasteiger partial charge in [0.2, 0.25) is 0 Å². The molecule has 15 heavy (non-hydrogen) atoms. The molecular formula is C12H22N2O. The highest BCUT2D eigenvalue weighted by Gasteiger charge is 1.95. The first kappa shape index (κ1) is 13.9. The normalized spacial score (nSPS) is 9.27.